The van der Waals surface area contributed by atoms with Gasteiger partial charge in [0.1, 0.15) is 5.82 Å². The van der Waals surface area contributed by atoms with Crippen molar-refractivity contribution in [2.45, 2.75) is 45.2 Å². The van der Waals surface area contributed by atoms with Crippen LogP contribution in [0.3, 0.4) is 0 Å². The molecule has 1 fully saturated rings. The molecule has 1 heterocycles. The molecule has 1 N–H and O–H groups in total. The molecule has 0 radical (unpaired) electrons. The molecule has 0 bridgehead atoms. The van der Waals surface area contributed by atoms with E-state index >= 15 is 0 Å². The molecule has 19 heavy (non-hydrogen) atoms. The fourth-order valence-corrected chi connectivity index (χ4v) is 3.27. The molecule has 1 aromatic rings. The van der Waals surface area contributed by atoms with E-state index in [1.807, 2.05) is 12.1 Å². The van der Waals surface area contributed by atoms with Crippen LogP contribution in [0.25, 0.3) is 0 Å². The maximum absolute atomic E-state index is 12.9. The summed E-state index contributed by atoms with van der Waals surface area (Å²) in [6, 6.07) is 6.85. The first-order valence-electron chi connectivity index (χ1n) is 7.02. The summed E-state index contributed by atoms with van der Waals surface area (Å²) in [5.74, 6) is -0.159. The van der Waals surface area contributed by atoms with Crippen molar-refractivity contribution in [3.63, 3.8) is 0 Å². The summed E-state index contributed by atoms with van der Waals surface area (Å²) in [5, 5.41) is 3.68. The van der Waals surface area contributed by atoms with Gasteiger partial charge in [0, 0.05) is 30.7 Å². The molecule has 0 atom stereocenters. The molecule has 1 aromatic carbocycles. The van der Waals surface area contributed by atoms with Crippen molar-refractivity contribution < 1.29 is 4.39 Å². The average molecular weight is 264 g/mol. The zero-order chi connectivity index (χ0) is 14.1. The molecule has 0 unspecified atom stereocenters. The molecule has 2 nitrogen and oxygen atoms in total. The van der Waals surface area contributed by atoms with E-state index in [1.54, 1.807) is 12.1 Å². The quantitative estimate of drug-likeness (QED) is 0.903. The van der Waals surface area contributed by atoms with Gasteiger partial charge in [-0.1, -0.05) is 12.1 Å². The second-order valence-corrected chi connectivity index (χ2v) is 6.98. The van der Waals surface area contributed by atoms with E-state index in [2.05, 4.69) is 37.9 Å². The van der Waals surface area contributed by atoms with Crippen molar-refractivity contribution in [3.05, 3.63) is 35.6 Å². The Hall–Kier alpha value is -0.930. The Morgan fingerprint density at radius 1 is 1.05 bits per heavy atom. The van der Waals surface area contributed by atoms with Gasteiger partial charge in [-0.25, -0.2) is 4.39 Å². The van der Waals surface area contributed by atoms with Crippen LogP contribution in [0.4, 0.5) is 4.39 Å². The number of benzene rings is 1. The summed E-state index contributed by atoms with van der Waals surface area (Å²) in [4.78, 5) is 2.50. The van der Waals surface area contributed by atoms with Gasteiger partial charge in [0.05, 0.1) is 0 Å². The Morgan fingerprint density at radius 3 is 2.11 bits per heavy atom. The minimum absolute atomic E-state index is 0.143. The summed E-state index contributed by atoms with van der Waals surface area (Å²) >= 11 is 0. The van der Waals surface area contributed by atoms with Crippen LogP contribution in [0.5, 0.6) is 0 Å². The largest absolute Gasteiger partial charge is 0.304 e. The third kappa shape index (κ3) is 4.29. The molecule has 106 valence electrons. The van der Waals surface area contributed by atoms with Crippen LogP contribution in [0.1, 0.15) is 33.3 Å². The topological polar surface area (TPSA) is 15.3 Å². The van der Waals surface area contributed by atoms with E-state index < -0.39 is 0 Å². The van der Waals surface area contributed by atoms with Crippen LogP contribution in [0.2, 0.25) is 0 Å². The van der Waals surface area contributed by atoms with Gasteiger partial charge in [-0.15, -0.1) is 0 Å². The Kier molecular flexibility index (Phi) is 3.98. The lowest BCUT2D eigenvalue weighted by Crippen LogP contribution is -2.66. The molecule has 1 saturated heterocycles. The maximum atomic E-state index is 12.9. The zero-order valence-corrected chi connectivity index (χ0v) is 12.5. The second kappa shape index (κ2) is 5.22. The predicted molar refractivity (Wildman–Crippen MR) is 77.8 cm³/mol. The van der Waals surface area contributed by atoms with Crippen LogP contribution in [-0.2, 0) is 6.42 Å². The van der Waals surface area contributed by atoms with Crippen LogP contribution in [0, 0.1) is 5.82 Å². The Labute approximate surface area is 116 Å². The van der Waals surface area contributed by atoms with E-state index in [0.717, 1.165) is 26.1 Å². The molecular formula is C16H25FN2. The van der Waals surface area contributed by atoms with E-state index in [0.29, 0.717) is 0 Å². The highest BCUT2D eigenvalue weighted by Crippen LogP contribution is 2.21. The summed E-state index contributed by atoms with van der Waals surface area (Å²) in [6.45, 7) is 12.1. The number of nitrogens with one attached hydrogen (secondary N) is 1. The summed E-state index contributed by atoms with van der Waals surface area (Å²) in [5.41, 5.74) is 1.49. The average Bonchev–Trinajstić information content (AvgIpc) is 2.24. The molecule has 0 saturated carbocycles. The fraction of sp³-hybridized carbons (Fsp3) is 0.625. The Bertz CT molecular complexity index is 407. The minimum atomic E-state index is -0.159. The Balaban J connectivity index is 1.93. The van der Waals surface area contributed by atoms with Gasteiger partial charge in [-0.2, -0.15) is 0 Å². The van der Waals surface area contributed by atoms with Gasteiger partial charge in [-0.3, -0.25) is 4.90 Å². The highest BCUT2D eigenvalue weighted by molar-refractivity contribution is 5.16. The van der Waals surface area contributed by atoms with E-state index in [9.17, 15) is 4.39 Å². The molecule has 1 aliphatic rings. The van der Waals surface area contributed by atoms with Crippen LogP contribution in [-0.4, -0.2) is 35.6 Å². The molecule has 2 rings (SSSR count). The van der Waals surface area contributed by atoms with Crippen LogP contribution >= 0.6 is 0 Å². The predicted octanol–water partition coefficient (Wildman–Crippen LogP) is 2.83. The number of piperazine rings is 1. The fourth-order valence-electron chi connectivity index (χ4n) is 3.27. The van der Waals surface area contributed by atoms with Gasteiger partial charge in [0.15, 0.2) is 0 Å². The van der Waals surface area contributed by atoms with Crippen molar-refractivity contribution in [2.24, 2.45) is 0 Å². The zero-order valence-electron chi connectivity index (χ0n) is 12.5. The molecule has 0 aliphatic carbocycles. The highest BCUT2D eigenvalue weighted by atomic mass is 19.1. The van der Waals surface area contributed by atoms with Crippen molar-refractivity contribution in [1.82, 2.24) is 10.2 Å². The molecule has 1 aliphatic heterocycles. The highest BCUT2D eigenvalue weighted by Gasteiger charge is 2.35. The number of halogens is 1. The third-order valence-corrected chi connectivity index (χ3v) is 3.54. The molecule has 0 aromatic heterocycles. The first-order valence-corrected chi connectivity index (χ1v) is 7.02. The molecule has 0 amide bonds. The van der Waals surface area contributed by atoms with Crippen molar-refractivity contribution in [3.8, 4) is 0 Å². The minimum Gasteiger partial charge on any atom is -0.304 e. The van der Waals surface area contributed by atoms with Crippen molar-refractivity contribution >= 4 is 0 Å². The van der Waals surface area contributed by atoms with E-state index in [-0.39, 0.29) is 16.9 Å². The lowest BCUT2D eigenvalue weighted by atomic mass is 9.91. The van der Waals surface area contributed by atoms with Crippen LogP contribution < -0.4 is 5.32 Å². The number of hydrogen-bond acceptors (Lipinski definition) is 2. The molecule has 0 spiro atoms. The first-order chi connectivity index (χ1) is 8.76. The van der Waals surface area contributed by atoms with E-state index in [4.69, 9.17) is 0 Å². The lowest BCUT2D eigenvalue weighted by molar-refractivity contribution is 0.0792. The normalized spacial score (nSPS) is 22.4. The molecule has 3 heteroatoms. The smallest absolute Gasteiger partial charge is 0.123 e. The lowest BCUT2D eigenvalue weighted by Gasteiger charge is -2.48. The first kappa shape index (κ1) is 14.5. The summed E-state index contributed by atoms with van der Waals surface area (Å²) in [6.07, 6.45) is 0.979. The Morgan fingerprint density at radius 2 is 1.58 bits per heavy atom. The molecular weight excluding hydrogens is 239 g/mol. The van der Waals surface area contributed by atoms with E-state index in [1.165, 1.54) is 5.56 Å². The third-order valence-electron chi connectivity index (χ3n) is 3.54. The van der Waals surface area contributed by atoms with Crippen molar-refractivity contribution in [2.75, 3.05) is 19.6 Å². The number of hydrogen-bond donors (Lipinski definition) is 1. The van der Waals surface area contributed by atoms with Crippen molar-refractivity contribution in [1.29, 1.82) is 0 Å². The standard InChI is InChI=1S/C16H25FN2/c1-15(2)11-19(12-16(3,4)18-15)10-9-13-5-7-14(17)8-6-13/h5-8,18H,9-12H2,1-4H3. The number of rotatable bonds is 3. The maximum Gasteiger partial charge on any atom is 0.123 e. The van der Waals surface area contributed by atoms with Gasteiger partial charge < -0.3 is 5.32 Å². The second-order valence-electron chi connectivity index (χ2n) is 6.98. The van der Waals surface area contributed by atoms with Gasteiger partial charge in [0.2, 0.25) is 0 Å². The summed E-state index contributed by atoms with van der Waals surface area (Å²) < 4.78 is 12.9. The van der Waals surface area contributed by atoms with Gasteiger partial charge in [0.25, 0.3) is 0 Å². The van der Waals surface area contributed by atoms with Gasteiger partial charge >= 0.3 is 0 Å². The number of nitrogens with zero attached hydrogens (tertiary/aromatic N) is 1. The van der Waals surface area contributed by atoms with Crippen LogP contribution in [0.15, 0.2) is 24.3 Å². The summed E-state index contributed by atoms with van der Waals surface area (Å²) in [7, 11) is 0. The SMILES string of the molecule is CC1(C)CN(CCc2ccc(F)cc2)CC(C)(C)N1. The monoisotopic (exact) mass is 264 g/mol. The van der Waals surface area contributed by atoms with Gasteiger partial charge in [-0.05, 0) is 51.8 Å².